The molecule has 2 atom stereocenters. The van der Waals surface area contributed by atoms with E-state index in [1.807, 2.05) is 23.1 Å². The van der Waals surface area contributed by atoms with Gasteiger partial charge < -0.3 is 25.8 Å². The fourth-order valence-electron chi connectivity index (χ4n) is 5.22. The molecule has 5 N–H and O–H groups in total. The summed E-state index contributed by atoms with van der Waals surface area (Å²) in [7, 11) is 0. The molecular weight excluding hydrogens is 404 g/mol. The summed E-state index contributed by atoms with van der Waals surface area (Å²) in [5.74, 6) is 0.0142. The van der Waals surface area contributed by atoms with Crippen molar-refractivity contribution in [1.29, 1.82) is 5.41 Å². The van der Waals surface area contributed by atoms with Crippen LogP contribution in [0, 0.1) is 5.41 Å². The monoisotopic (exact) mass is 438 g/mol. The van der Waals surface area contributed by atoms with Crippen molar-refractivity contribution in [3.05, 3.63) is 35.5 Å². The molecule has 2 amide bonds. The van der Waals surface area contributed by atoms with Crippen LogP contribution in [0.1, 0.15) is 50.3 Å². The zero-order valence-electron chi connectivity index (χ0n) is 18.8. The average Bonchev–Trinajstić information content (AvgIpc) is 3.38. The number of amides is 2. The van der Waals surface area contributed by atoms with Crippen molar-refractivity contribution in [3.63, 3.8) is 0 Å². The molecule has 2 aliphatic heterocycles. The van der Waals surface area contributed by atoms with Crippen molar-refractivity contribution >= 4 is 28.6 Å². The van der Waals surface area contributed by atoms with Gasteiger partial charge in [0.05, 0.1) is 12.6 Å². The lowest BCUT2D eigenvalue weighted by molar-refractivity contribution is -0.143. The number of aryl methyl sites for hydroxylation is 2. The van der Waals surface area contributed by atoms with E-state index < -0.39 is 6.04 Å². The highest BCUT2D eigenvalue weighted by Crippen LogP contribution is 2.26. The number of piperidine rings is 1. The molecule has 172 valence electrons. The summed E-state index contributed by atoms with van der Waals surface area (Å²) >= 11 is 0. The molecule has 1 aromatic carbocycles. The Morgan fingerprint density at radius 1 is 1.19 bits per heavy atom. The Morgan fingerprint density at radius 2 is 1.97 bits per heavy atom. The Kier molecular flexibility index (Phi) is 6.50. The first kappa shape index (κ1) is 22.3. The van der Waals surface area contributed by atoms with Gasteiger partial charge in [0.25, 0.3) is 0 Å². The van der Waals surface area contributed by atoms with Crippen molar-refractivity contribution in [2.75, 3.05) is 19.6 Å². The molecule has 0 aliphatic carbocycles. The molecule has 0 saturated carbocycles. The average molecular weight is 439 g/mol. The van der Waals surface area contributed by atoms with E-state index >= 15 is 0 Å². The van der Waals surface area contributed by atoms with Gasteiger partial charge in [0.1, 0.15) is 5.84 Å². The number of nitrogens with one attached hydrogen (secondary N) is 1. The van der Waals surface area contributed by atoms with Crippen LogP contribution in [0.4, 0.5) is 0 Å². The summed E-state index contributed by atoms with van der Waals surface area (Å²) in [5.41, 5.74) is 14.6. The van der Waals surface area contributed by atoms with Gasteiger partial charge in [-0.25, -0.2) is 0 Å². The van der Waals surface area contributed by atoms with Crippen LogP contribution >= 0.6 is 0 Å². The van der Waals surface area contributed by atoms with Crippen LogP contribution in [0.5, 0.6) is 0 Å². The third-order valence-corrected chi connectivity index (χ3v) is 6.95. The molecule has 0 bridgehead atoms. The van der Waals surface area contributed by atoms with E-state index in [-0.39, 0.29) is 30.2 Å². The smallest absolute Gasteiger partial charge is 0.242 e. The van der Waals surface area contributed by atoms with E-state index in [1.54, 1.807) is 4.90 Å². The van der Waals surface area contributed by atoms with Gasteiger partial charge in [-0.05, 0) is 63.0 Å². The lowest BCUT2D eigenvalue weighted by atomic mass is 10.1. The first-order chi connectivity index (χ1) is 15.4. The summed E-state index contributed by atoms with van der Waals surface area (Å²) < 4.78 is 2.27. The van der Waals surface area contributed by atoms with E-state index in [2.05, 4.69) is 17.6 Å². The number of carbonyl (C=O) groups excluding carboxylic acids is 2. The number of rotatable bonds is 7. The van der Waals surface area contributed by atoms with Crippen molar-refractivity contribution in [2.45, 2.75) is 64.1 Å². The molecule has 0 unspecified atom stereocenters. The Morgan fingerprint density at radius 3 is 2.72 bits per heavy atom. The molecule has 8 heteroatoms. The van der Waals surface area contributed by atoms with Crippen LogP contribution < -0.4 is 11.5 Å². The first-order valence-corrected chi connectivity index (χ1v) is 11.7. The van der Waals surface area contributed by atoms with Crippen LogP contribution in [0.3, 0.4) is 0 Å². The minimum atomic E-state index is -0.467. The lowest BCUT2D eigenvalue weighted by Crippen LogP contribution is -2.52. The molecule has 0 spiro atoms. The maximum atomic E-state index is 13.0. The molecule has 2 saturated heterocycles. The Labute approximate surface area is 189 Å². The van der Waals surface area contributed by atoms with Gasteiger partial charge in [0.15, 0.2) is 0 Å². The third kappa shape index (κ3) is 4.37. The van der Waals surface area contributed by atoms with Crippen molar-refractivity contribution in [2.24, 2.45) is 11.5 Å². The SMILES string of the molecule is CCn1c(CC[C@@H]2CCCN2C(=O)CN2CCC[C@H](N)C2=O)cc2ccc(C(=N)N)cc21. The zero-order valence-corrected chi connectivity index (χ0v) is 18.8. The third-order valence-electron chi connectivity index (χ3n) is 6.95. The van der Waals surface area contributed by atoms with Gasteiger partial charge in [0, 0.05) is 42.5 Å². The molecule has 8 nitrogen and oxygen atoms in total. The number of fused-ring (bicyclic) bond motifs is 1. The molecule has 4 rings (SSSR count). The predicted molar refractivity (Wildman–Crippen MR) is 125 cm³/mol. The van der Waals surface area contributed by atoms with Crippen LogP contribution in [0.25, 0.3) is 10.9 Å². The Balaban J connectivity index is 1.43. The van der Waals surface area contributed by atoms with Crippen molar-refractivity contribution in [1.82, 2.24) is 14.4 Å². The quantitative estimate of drug-likeness (QED) is 0.451. The summed E-state index contributed by atoms with van der Waals surface area (Å²) in [6.07, 6.45) is 5.34. The number of carbonyl (C=O) groups is 2. The molecule has 1 aromatic heterocycles. The Hall–Kier alpha value is -2.87. The second kappa shape index (κ2) is 9.32. The van der Waals surface area contributed by atoms with Crippen molar-refractivity contribution < 1.29 is 9.59 Å². The van der Waals surface area contributed by atoms with Gasteiger partial charge in [-0.15, -0.1) is 0 Å². The van der Waals surface area contributed by atoms with Gasteiger partial charge in [-0.3, -0.25) is 15.0 Å². The molecule has 3 heterocycles. The second-order valence-corrected chi connectivity index (χ2v) is 9.00. The largest absolute Gasteiger partial charge is 0.384 e. The number of hydrogen-bond donors (Lipinski definition) is 3. The first-order valence-electron chi connectivity index (χ1n) is 11.7. The predicted octanol–water partition coefficient (Wildman–Crippen LogP) is 1.82. The second-order valence-electron chi connectivity index (χ2n) is 9.00. The van der Waals surface area contributed by atoms with Crippen LogP contribution in [0.15, 0.2) is 24.3 Å². The van der Waals surface area contributed by atoms with Gasteiger partial charge in [0.2, 0.25) is 11.8 Å². The number of nitrogens with zero attached hydrogens (tertiary/aromatic N) is 3. The van der Waals surface area contributed by atoms with E-state index in [1.165, 1.54) is 5.69 Å². The van der Waals surface area contributed by atoms with Gasteiger partial charge in [-0.1, -0.05) is 12.1 Å². The zero-order chi connectivity index (χ0) is 22.8. The number of benzene rings is 1. The number of nitrogen functional groups attached to an aromatic ring is 1. The summed E-state index contributed by atoms with van der Waals surface area (Å²) in [4.78, 5) is 28.9. The van der Waals surface area contributed by atoms with Crippen LogP contribution in [0.2, 0.25) is 0 Å². The van der Waals surface area contributed by atoms with Crippen LogP contribution in [-0.2, 0) is 22.6 Å². The highest BCUT2D eigenvalue weighted by molar-refractivity contribution is 5.98. The summed E-state index contributed by atoms with van der Waals surface area (Å²) in [6, 6.07) is 7.83. The normalized spacial score (nSPS) is 21.5. The van der Waals surface area contributed by atoms with E-state index in [0.29, 0.717) is 13.0 Å². The molecule has 0 radical (unpaired) electrons. The topological polar surface area (TPSA) is 121 Å². The number of amidine groups is 1. The fourth-order valence-corrected chi connectivity index (χ4v) is 5.22. The van der Waals surface area contributed by atoms with Crippen molar-refractivity contribution in [3.8, 4) is 0 Å². The maximum Gasteiger partial charge on any atom is 0.242 e. The minimum absolute atomic E-state index is 0.0390. The number of nitrogens with two attached hydrogens (primary N) is 2. The summed E-state index contributed by atoms with van der Waals surface area (Å²) in [6.45, 7) is 4.48. The van der Waals surface area contributed by atoms with Gasteiger partial charge >= 0.3 is 0 Å². The standard InChI is InChI=1S/C24H34N6O2/c1-2-29-19(13-16-7-8-17(23(26)27)14-21(16)29)10-9-18-5-3-12-30(18)22(31)15-28-11-4-6-20(25)24(28)32/h7-8,13-14,18,20H,2-6,9-12,15,25H2,1H3,(H3,26,27)/t18-,20-/m0/s1. The van der Waals surface area contributed by atoms with E-state index in [9.17, 15) is 9.59 Å². The Bertz CT molecular complexity index is 1030. The number of aromatic nitrogens is 1. The molecule has 32 heavy (non-hydrogen) atoms. The number of hydrogen-bond acceptors (Lipinski definition) is 4. The minimum Gasteiger partial charge on any atom is -0.384 e. The molecule has 2 aliphatic rings. The highest BCUT2D eigenvalue weighted by atomic mass is 16.2. The van der Waals surface area contributed by atoms with E-state index in [4.69, 9.17) is 16.9 Å². The van der Waals surface area contributed by atoms with Gasteiger partial charge in [-0.2, -0.15) is 0 Å². The fraction of sp³-hybridized carbons (Fsp3) is 0.542. The van der Waals surface area contributed by atoms with E-state index in [0.717, 1.165) is 61.7 Å². The molecule has 2 fully saturated rings. The van der Waals surface area contributed by atoms with Crippen LogP contribution in [-0.4, -0.2) is 63.7 Å². The maximum absolute atomic E-state index is 13.0. The molecule has 2 aromatic rings. The number of likely N-dealkylation sites (tertiary alicyclic amines) is 2. The molecular formula is C24H34N6O2. The lowest BCUT2D eigenvalue weighted by Gasteiger charge is -2.32. The summed E-state index contributed by atoms with van der Waals surface area (Å²) in [5, 5.41) is 8.86. The highest BCUT2D eigenvalue weighted by Gasteiger charge is 2.32.